The fourth-order valence-corrected chi connectivity index (χ4v) is 3.04. The molecule has 0 radical (unpaired) electrons. The zero-order valence-corrected chi connectivity index (χ0v) is 14.7. The van der Waals surface area contributed by atoms with Crippen molar-refractivity contribution in [2.45, 2.75) is 11.4 Å². The van der Waals surface area contributed by atoms with E-state index in [9.17, 15) is 13.2 Å². The monoisotopic (exact) mass is 363 g/mol. The van der Waals surface area contributed by atoms with E-state index < -0.39 is 10.0 Å². The minimum absolute atomic E-state index is 0.168. The van der Waals surface area contributed by atoms with Crippen molar-refractivity contribution >= 4 is 21.7 Å². The van der Waals surface area contributed by atoms with E-state index in [2.05, 4.69) is 15.4 Å². The third-order valence-electron chi connectivity index (χ3n) is 3.32. The fourth-order valence-electron chi connectivity index (χ4n) is 2.03. The maximum atomic E-state index is 12.0. The quantitative estimate of drug-likeness (QED) is 0.625. The summed E-state index contributed by atoms with van der Waals surface area (Å²) >= 11 is 0. The Morgan fingerprint density at radius 2 is 1.72 bits per heavy atom. The van der Waals surface area contributed by atoms with E-state index in [-0.39, 0.29) is 24.0 Å². The topological polar surface area (TPSA) is 96.5 Å². The van der Waals surface area contributed by atoms with Gasteiger partial charge in [-0.25, -0.2) is 17.9 Å². The average Bonchev–Trinajstić information content (AvgIpc) is 2.61. The lowest BCUT2D eigenvalue weighted by atomic mass is 10.2. The van der Waals surface area contributed by atoms with Gasteiger partial charge >= 0.3 is 6.03 Å². The summed E-state index contributed by atoms with van der Waals surface area (Å²) in [6.07, 6.45) is 0. The highest BCUT2D eigenvalue weighted by Gasteiger charge is 2.13. The summed E-state index contributed by atoms with van der Waals surface area (Å²) in [6.45, 7) is 0.801. The SMILES string of the molecule is COCCNS(=O)(=O)c1ccc(CNC(=O)Nc2ccccc2)cc1. The van der Waals surface area contributed by atoms with Gasteiger partial charge in [0.15, 0.2) is 0 Å². The predicted octanol–water partition coefficient (Wildman–Crippen LogP) is 1.93. The molecule has 0 aliphatic heterocycles. The second-order valence-electron chi connectivity index (χ2n) is 5.21. The van der Waals surface area contributed by atoms with Crippen molar-refractivity contribution in [3.05, 3.63) is 60.2 Å². The van der Waals surface area contributed by atoms with Gasteiger partial charge in [-0.05, 0) is 29.8 Å². The van der Waals surface area contributed by atoms with E-state index in [0.717, 1.165) is 5.56 Å². The van der Waals surface area contributed by atoms with Crippen molar-refractivity contribution in [1.29, 1.82) is 0 Å². The van der Waals surface area contributed by atoms with Gasteiger partial charge in [0.2, 0.25) is 10.0 Å². The number of carbonyl (C=O) groups is 1. The molecule has 0 spiro atoms. The van der Waals surface area contributed by atoms with Crippen LogP contribution in [-0.4, -0.2) is 34.7 Å². The number of carbonyl (C=O) groups excluding carboxylic acids is 1. The minimum atomic E-state index is -3.55. The van der Waals surface area contributed by atoms with Gasteiger partial charge in [-0.1, -0.05) is 30.3 Å². The first kappa shape index (κ1) is 18.9. The van der Waals surface area contributed by atoms with Crippen LogP contribution in [0.1, 0.15) is 5.56 Å². The Morgan fingerprint density at radius 1 is 1.04 bits per heavy atom. The molecule has 0 atom stereocenters. The van der Waals surface area contributed by atoms with E-state index in [1.165, 1.54) is 19.2 Å². The van der Waals surface area contributed by atoms with Crippen molar-refractivity contribution in [3.8, 4) is 0 Å². The molecule has 0 saturated heterocycles. The second-order valence-corrected chi connectivity index (χ2v) is 6.98. The van der Waals surface area contributed by atoms with Crippen molar-refractivity contribution in [2.75, 3.05) is 25.6 Å². The fraction of sp³-hybridized carbons (Fsp3) is 0.235. The molecule has 2 amide bonds. The van der Waals surface area contributed by atoms with Crippen LogP contribution in [0.4, 0.5) is 10.5 Å². The molecule has 0 aliphatic rings. The second kappa shape index (κ2) is 9.16. The standard InChI is InChI=1S/C17H21N3O4S/c1-24-12-11-19-25(22,23)16-9-7-14(8-10-16)13-18-17(21)20-15-5-3-2-4-6-15/h2-10,19H,11-13H2,1H3,(H2,18,20,21). The predicted molar refractivity (Wildman–Crippen MR) is 95.8 cm³/mol. The number of sulfonamides is 1. The van der Waals surface area contributed by atoms with E-state index >= 15 is 0 Å². The van der Waals surface area contributed by atoms with Crippen LogP contribution >= 0.6 is 0 Å². The molecule has 2 aromatic rings. The van der Waals surface area contributed by atoms with Crippen LogP contribution in [0.3, 0.4) is 0 Å². The summed E-state index contributed by atoms with van der Waals surface area (Å²) < 4.78 is 31.3. The lowest BCUT2D eigenvalue weighted by molar-refractivity contribution is 0.204. The molecule has 7 nitrogen and oxygen atoms in total. The van der Waals surface area contributed by atoms with Crippen LogP contribution in [0.5, 0.6) is 0 Å². The zero-order chi connectivity index (χ0) is 18.1. The van der Waals surface area contributed by atoms with E-state index in [1.807, 2.05) is 18.2 Å². The number of amides is 2. The summed E-state index contributed by atoms with van der Waals surface area (Å²) in [5, 5.41) is 5.42. The van der Waals surface area contributed by atoms with Crippen molar-refractivity contribution < 1.29 is 17.9 Å². The Morgan fingerprint density at radius 3 is 2.36 bits per heavy atom. The van der Waals surface area contributed by atoms with E-state index in [1.54, 1.807) is 24.3 Å². The van der Waals surface area contributed by atoms with Gasteiger partial charge in [-0.15, -0.1) is 0 Å². The Kier molecular flexibility index (Phi) is 6.93. The van der Waals surface area contributed by atoms with Gasteiger partial charge in [-0.2, -0.15) is 0 Å². The molecule has 2 aromatic carbocycles. The lowest BCUT2D eigenvalue weighted by Gasteiger charge is -2.09. The number of nitrogens with one attached hydrogen (secondary N) is 3. The summed E-state index contributed by atoms with van der Waals surface area (Å²) in [5.41, 5.74) is 1.49. The number of benzene rings is 2. The van der Waals surface area contributed by atoms with Crippen molar-refractivity contribution in [1.82, 2.24) is 10.0 Å². The highest BCUT2D eigenvalue weighted by molar-refractivity contribution is 7.89. The van der Waals surface area contributed by atoms with E-state index in [4.69, 9.17) is 4.74 Å². The van der Waals surface area contributed by atoms with Crippen LogP contribution in [0, 0.1) is 0 Å². The Hall–Kier alpha value is -2.42. The third kappa shape index (κ3) is 6.18. The molecule has 25 heavy (non-hydrogen) atoms. The largest absolute Gasteiger partial charge is 0.383 e. The Bertz CT molecular complexity index is 777. The van der Waals surface area contributed by atoms with Crippen molar-refractivity contribution in [3.63, 3.8) is 0 Å². The number of ether oxygens (including phenoxy) is 1. The molecule has 0 fully saturated rings. The number of anilines is 1. The average molecular weight is 363 g/mol. The van der Waals surface area contributed by atoms with E-state index in [0.29, 0.717) is 12.3 Å². The summed E-state index contributed by atoms with van der Waals surface area (Å²) in [7, 11) is -2.05. The molecule has 0 aliphatic carbocycles. The number of methoxy groups -OCH3 is 1. The molecule has 8 heteroatoms. The molecule has 0 unspecified atom stereocenters. The first-order valence-electron chi connectivity index (χ1n) is 7.69. The number of hydrogen-bond donors (Lipinski definition) is 3. The number of para-hydroxylation sites is 1. The maximum Gasteiger partial charge on any atom is 0.319 e. The minimum Gasteiger partial charge on any atom is -0.383 e. The molecular weight excluding hydrogens is 342 g/mol. The van der Waals surface area contributed by atoms with Gasteiger partial charge < -0.3 is 15.4 Å². The molecule has 0 saturated carbocycles. The highest BCUT2D eigenvalue weighted by Crippen LogP contribution is 2.10. The van der Waals surface area contributed by atoms with Gasteiger partial charge in [0.25, 0.3) is 0 Å². The summed E-state index contributed by atoms with van der Waals surface area (Å²) in [5.74, 6) is 0. The molecule has 2 rings (SSSR count). The van der Waals surface area contributed by atoms with Gasteiger partial charge in [0.1, 0.15) is 0 Å². The summed E-state index contributed by atoms with van der Waals surface area (Å²) in [6, 6.07) is 15.1. The summed E-state index contributed by atoms with van der Waals surface area (Å²) in [4.78, 5) is 12.0. The number of hydrogen-bond acceptors (Lipinski definition) is 4. The van der Waals surface area contributed by atoms with Crippen LogP contribution in [0.15, 0.2) is 59.5 Å². The molecule has 0 bridgehead atoms. The van der Waals surface area contributed by atoms with Gasteiger partial charge in [0.05, 0.1) is 11.5 Å². The third-order valence-corrected chi connectivity index (χ3v) is 4.79. The van der Waals surface area contributed by atoms with Crippen LogP contribution in [0.25, 0.3) is 0 Å². The highest BCUT2D eigenvalue weighted by atomic mass is 32.2. The first-order chi connectivity index (χ1) is 12.0. The van der Waals surface area contributed by atoms with Crippen LogP contribution < -0.4 is 15.4 Å². The van der Waals surface area contributed by atoms with Crippen LogP contribution in [-0.2, 0) is 21.3 Å². The van der Waals surface area contributed by atoms with Gasteiger partial charge in [-0.3, -0.25) is 0 Å². The maximum absolute atomic E-state index is 12.0. The van der Waals surface area contributed by atoms with Crippen LogP contribution in [0.2, 0.25) is 0 Å². The molecule has 0 heterocycles. The number of urea groups is 1. The van der Waals surface area contributed by atoms with Gasteiger partial charge in [0, 0.05) is 25.9 Å². The Balaban J connectivity index is 1.86. The Labute approximate surface area is 147 Å². The molecule has 3 N–H and O–H groups in total. The number of rotatable bonds is 8. The normalized spacial score (nSPS) is 11.1. The first-order valence-corrected chi connectivity index (χ1v) is 9.17. The molecular formula is C17H21N3O4S. The lowest BCUT2D eigenvalue weighted by Crippen LogP contribution is -2.28. The van der Waals surface area contributed by atoms with Crippen molar-refractivity contribution in [2.24, 2.45) is 0 Å². The molecule has 0 aromatic heterocycles. The zero-order valence-electron chi connectivity index (χ0n) is 13.9. The smallest absolute Gasteiger partial charge is 0.319 e. The molecule has 134 valence electrons.